The van der Waals surface area contributed by atoms with Crippen LogP contribution in [0.3, 0.4) is 0 Å². The van der Waals surface area contributed by atoms with Gasteiger partial charge in [0.05, 0.1) is 58.3 Å². The summed E-state index contributed by atoms with van der Waals surface area (Å²) in [5, 5.41) is 44.4. The summed E-state index contributed by atoms with van der Waals surface area (Å²) in [6.45, 7) is -3.75. The van der Waals surface area contributed by atoms with Gasteiger partial charge in [-0.3, -0.25) is 45.4 Å². The van der Waals surface area contributed by atoms with E-state index < -0.39 is 124 Å². The minimum absolute atomic E-state index is 0.00418. The van der Waals surface area contributed by atoms with Gasteiger partial charge in [-0.25, -0.2) is 73.5 Å². The van der Waals surface area contributed by atoms with E-state index in [4.69, 9.17) is 69.0 Å². The summed E-state index contributed by atoms with van der Waals surface area (Å²) >= 11 is 0. The van der Waals surface area contributed by atoms with Crippen molar-refractivity contribution >= 4 is 91.4 Å². The number of ether oxygens (including phenoxy) is 4. The molecule has 8 aromatic rings. The second kappa shape index (κ2) is 22.3. The molecule has 3 saturated heterocycles. The highest BCUT2D eigenvalue weighted by atomic mass is 31.2. The summed E-state index contributed by atoms with van der Waals surface area (Å²) in [6, 6.07) is 0. The molecule has 0 bridgehead atoms. The molecule has 15 N–H and O–H groups in total. The lowest BCUT2D eigenvalue weighted by atomic mass is 10.1. The molecule has 0 spiro atoms. The number of aliphatic hydroxyl groups is 4. The number of aromatic nitrogens is 16. The number of anilines is 4. The normalized spacial score (nSPS) is 28.3. The van der Waals surface area contributed by atoms with Gasteiger partial charge in [-0.15, -0.1) is 0 Å². The minimum atomic E-state index is -5.51. The summed E-state index contributed by atoms with van der Waals surface area (Å²) in [4.78, 5) is 81.9. The zero-order chi connectivity index (χ0) is 57.1. The molecule has 81 heavy (non-hydrogen) atoms. The molecule has 3 aliphatic heterocycles. The van der Waals surface area contributed by atoms with Gasteiger partial charge in [-0.05, 0) is 0 Å². The number of phosphoric acid groups is 3. The first-order chi connectivity index (χ1) is 38.7. The third-order valence-electron chi connectivity index (χ3n) is 12.8. The maximum absolute atomic E-state index is 14.0. The maximum atomic E-state index is 14.0. The van der Waals surface area contributed by atoms with Crippen LogP contribution in [0, 0.1) is 0 Å². The zero-order valence-electron chi connectivity index (χ0n) is 41.0. The van der Waals surface area contributed by atoms with Gasteiger partial charge in [-0.2, -0.15) is 0 Å². The number of nitrogen functional groups attached to an aromatic ring is 4. The van der Waals surface area contributed by atoms with E-state index in [9.17, 15) is 48.8 Å². The molecule has 40 nitrogen and oxygen atoms in total. The molecule has 0 amide bonds. The number of imidazole rings is 4. The molecule has 0 aliphatic carbocycles. The van der Waals surface area contributed by atoms with Crippen molar-refractivity contribution in [2.75, 3.05) is 56.0 Å². The number of hydrogen-bond acceptors (Lipinski definition) is 33. The molecule has 11 heterocycles. The van der Waals surface area contributed by atoms with Gasteiger partial charge in [0.25, 0.3) is 0 Å². The smallest absolute Gasteiger partial charge is 0.394 e. The van der Waals surface area contributed by atoms with Crippen molar-refractivity contribution in [3.63, 3.8) is 0 Å². The van der Waals surface area contributed by atoms with Crippen molar-refractivity contribution in [3.8, 4) is 0 Å². The van der Waals surface area contributed by atoms with Crippen molar-refractivity contribution < 1.29 is 94.9 Å². The van der Waals surface area contributed by atoms with E-state index in [2.05, 4.69) is 59.8 Å². The van der Waals surface area contributed by atoms with Crippen molar-refractivity contribution in [2.24, 2.45) is 0 Å². The van der Waals surface area contributed by atoms with Crippen molar-refractivity contribution in [1.29, 1.82) is 0 Å². The van der Waals surface area contributed by atoms with Crippen molar-refractivity contribution in [1.82, 2.24) is 78.1 Å². The minimum Gasteiger partial charge on any atom is -0.394 e. The molecule has 8 aromatic heterocycles. The molecule has 43 heteroatoms. The third-order valence-corrected chi connectivity index (χ3v) is 15.8. The topological polar surface area (TPSA) is 564 Å². The third kappa shape index (κ3) is 11.1. The fraction of sp³-hybridized carbons (Fsp3) is 0.474. The molecule has 3 fully saturated rings. The second-order valence-corrected chi connectivity index (χ2v) is 22.0. The second-order valence-electron chi connectivity index (χ2n) is 17.8. The Hall–Kier alpha value is -6.59. The Morgan fingerprint density at radius 3 is 1.22 bits per heavy atom. The Morgan fingerprint density at radius 2 is 0.815 bits per heavy atom. The predicted molar refractivity (Wildman–Crippen MR) is 264 cm³/mol. The van der Waals surface area contributed by atoms with Gasteiger partial charge < -0.3 is 77.0 Å². The highest BCUT2D eigenvalue weighted by Gasteiger charge is 2.54. The number of nitrogens with zero attached hydrogens (tertiary/aromatic N) is 16. The summed E-state index contributed by atoms with van der Waals surface area (Å²) in [7, 11) is -16.0. The van der Waals surface area contributed by atoms with Crippen LogP contribution < -0.4 is 22.9 Å². The van der Waals surface area contributed by atoms with E-state index >= 15 is 0 Å². The fourth-order valence-corrected chi connectivity index (χ4v) is 11.8. The highest BCUT2D eigenvalue weighted by molar-refractivity contribution is 7.48. The molecular weight excluding hydrogens is 1150 g/mol. The van der Waals surface area contributed by atoms with Crippen LogP contribution in [-0.2, 0) is 66.5 Å². The first-order valence-corrected chi connectivity index (χ1v) is 28.1. The Morgan fingerprint density at radius 1 is 0.469 bits per heavy atom. The van der Waals surface area contributed by atoms with Gasteiger partial charge in [0.15, 0.2) is 64.5 Å². The van der Waals surface area contributed by atoms with E-state index in [1.165, 1.54) is 32.7 Å². The van der Waals surface area contributed by atoms with Gasteiger partial charge in [0, 0.05) is 0 Å². The fourth-order valence-electron chi connectivity index (χ4n) is 9.02. The van der Waals surface area contributed by atoms with Crippen LogP contribution in [-0.4, -0.2) is 201 Å². The van der Waals surface area contributed by atoms with Gasteiger partial charge in [-0.1, -0.05) is 0 Å². The molecule has 11 rings (SSSR count). The molecule has 0 radical (unpaired) electrons. The van der Waals surface area contributed by atoms with Gasteiger partial charge >= 0.3 is 23.5 Å². The van der Waals surface area contributed by atoms with Crippen LogP contribution >= 0.6 is 23.5 Å². The predicted octanol–water partition coefficient (Wildman–Crippen LogP) is -3.08. The van der Waals surface area contributed by atoms with E-state index in [1.54, 1.807) is 0 Å². The molecule has 0 aromatic carbocycles. The lowest BCUT2D eigenvalue weighted by molar-refractivity contribution is -0.0645. The average molecular weight is 1200 g/mol. The van der Waals surface area contributed by atoms with E-state index in [1.807, 2.05) is 0 Å². The molecule has 434 valence electrons. The lowest BCUT2D eigenvalue weighted by Gasteiger charge is -2.25. The SMILES string of the molecule is Nc1ncnc2c1ncn2COCCOP(=O)(O)O[C@@H]1[C@H](O)[C@@H](COP(=O)(O)O[C@@H]2[C@H](O)[C@@H](COP(=O)(O)O[C@@H]3[C@H](O)[C@@H](CO)O[C@H]3n3cnc4c(N)ncnc43)O[C@H]2n2cnc3c(N)ncnc32)O[C@H]1n1cnc2c(N)ncnc21. The summed E-state index contributed by atoms with van der Waals surface area (Å²) < 4.78 is 102. The van der Waals surface area contributed by atoms with Crippen LogP contribution in [0.4, 0.5) is 23.3 Å². The standard InChI is InChI=1S/C38H47N20O20P3/c39-28-18-32(47-6-43-28)55(10-51-18)14-69-1-2-70-79(63,64)76-26-23(61)16(74-37(26)57-12-53-20-30(41)45-8-49-34(20)57)4-72-81(67,68)78-27-24(62)17(75-38(27)58-13-54-21-31(42)46-9-50-35(21)58)5-71-80(65,66)77-25-22(60)15(3-59)73-36(25)56-11-52-19-29(40)44-7-48-33(19)56/h6-13,15-17,22-27,36-38,59-62H,1-5,14H2,(H,63,64)(H,65,66)(H,67,68)(H2,39,43,47)(H2,40,44,48)(H2,41,45,49)(H2,42,46,50)/t15-,16-,17-,22-,23-,24-,25-,26-,27-,36-,37-,38-/m1/s1. The van der Waals surface area contributed by atoms with Gasteiger partial charge in [0.1, 0.15) is 109 Å². The van der Waals surface area contributed by atoms with Crippen LogP contribution in [0.15, 0.2) is 50.6 Å². The number of fused-ring (bicyclic) bond motifs is 4. The Kier molecular flexibility index (Phi) is 15.5. The number of aliphatic hydroxyl groups excluding tert-OH is 4. The van der Waals surface area contributed by atoms with E-state index in [0.717, 1.165) is 36.2 Å². The van der Waals surface area contributed by atoms with Crippen LogP contribution in [0.2, 0.25) is 0 Å². The molecular formula is C38H47N20O20P3. The molecule has 15 atom stereocenters. The summed E-state index contributed by atoms with van der Waals surface area (Å²) in [5.74, 6) is -0.0512. The quantitative estimate of drug-likeness (QED) is 0.0237. The number of rotatable bonds is 22. The van der Waals surface area contributed by atoms with Crippen molar-refractivity contribution in [3.05, 3.63) is 50.6 Å². The number of nitrogens with two attached hydrogens (primary N) is 4. The average Bonchev–Trinajstić information content (AvgIpc) is 4.50. The Bertz CT molecular complexity index is 3750. The lowest BCUT2D eigenvalue weighted by Crippen LogP contribution is -2.37. The largest absolute Gasteiger partial charge is 0.472 e. The van der Waals surface area contributed by atoms with Crippen LogP contribution in [0.25, 0.3) is 44.7 Å². The number of phosphoric ester groups is 3. The molecule has 3 aliphatic rings. The number of hydrogen-bond donors (Lipinski definition) is 11. The monoisotopic (exact) mass is 1200 g/mol. The summed E-state index contributed by atoms with van der Waals surface area (Å²) in [6.07, 6.45) is -11.5. The Balaban J connectivity index is 0.780. The highest BCUT2D eigenvalue weighted by Crippen LogP contribution is 2.54. The zero-order valence-corrected chi connectivity index (χ0v) is 43.7. The molecule has 0 saturated carbocycles. The van der Waals surface area contributed by atoms with Crippen LogP contribution in [0.5, 0.6) is 0 Å². The van der Waals surface area contributed by atoms with Crippen molar-refractivity contribution in [2.45, 2.75) is 80.4 Å². The Labute approximate surface area is 450 Å². The van der Waals surface area contributed by atoms with E-state index in [0.29, 0.717) is 11.2 Å². The first-order valence-electron chi connectivity index (χ1n) is 23.6. The van der Waals surface area contributed by atoms with Crippen LogP contribution in [0.1, 0.15) is 18.7 Å². The first kappa shape index (κ1) is 56.3. The molecule has 3 unspecified atom stereocenters. The summed E-state index contributed by atoms with van der Waals surface area (Å²) in [5.41, 5.74) is 24.7. The van der Waals surface area contributed by atoms with E-state index in [-0.39, 0.29) is 70.1 Å². The maximum Gasteiger partial charge on any atom is 0.472 e. The van der Waals surface area contributed by atoms with Gasteiger partial charge in [0.2, 0.25) is 0 Å².